The van der Waals surface area contributed by atoms with Gasteiger partial charge in [0.1, 0.15) is 11.5 Å². The van der Waals surface area contributed by atoms with Crippen LogP contribution in [0.1, 0.15) is 88.8 Å². The Bertz CT molecular complexity index is 920. The summed E-state index contributed by atoms with van der Waals surface area (Å²) in [4.78, 5) is 23.9. The Morgan fingerprint density at radius 1 is 0.677 bits per heavy atom. The lowest BCUT2D eigenvalue weighted by molar-refractivity contribution is -0.132. The Morgan fingerprint density at radius 3 is 1.26 bits per heavy atom. The van der Waals surface area contributed by atoms with Crippen molar-refractivity contribution in [3.8, 4) is 11.5 Å². The second-order valence-corrected chi connectivity index (χ2v) is 10.5. The molecule has 0 aromatic heterocycles. The predicted molar refractivity (Wildman–Crippen MR) is 125 cm³/mol. The molecule has 0 bridgehead atoms. The summed E-state index contributed by atoms with van der Waals surface area (Å²) in [5.41, 5.74) is 5.55. The highest BCUT2D eigenvalue weighted by molar-refractivity contribution is 5.72. The second kappa shape index (κ2) is 8.86. The van der Waals surface area contributed by atoms with E-state index in [1.54, 1.807) is 0 Å². The van der Waals surface area contributed by atoms with Crippen LogP contribution in [0.4, 0.5) is 0 Å². The maximum Gasteiger partial charge on any atom is 0.308 e. The highest BCUT2D eigenvalue weighted by Gasteiger charge is 2.27. The summed E-state index contributed by atoms with van der Waals surface area (Å²) in [7, 11) is 0. The zero-order valence-corrected chi connectivity index (χ0v) is 20.6. The van der Waals surface area contributed by atoms with E-state index in [1.807, 2.05) is 26.0 Å². The molecule has 4 nitrogen and oxygen atoms in total. The summed E-state index contributed by atoms with van der Waals surface area (Å²) in [5, 5.41) is 0. The minimum absolute atomic E-state index is 0.201. The molecule has 0 unspecified atom stereocenters. The SMILES string of the molecule is CC(=O)Oc1c(Cc2cc(C)cc(C(C)(C)C)c2OC(C)=O)cc(C)cc1C(C)(C)C. The van der Waals surface area contributed by atoms with Crippen molar-refractivity contribution in [2.24, 2.45) is 0 Å². The van der Waals surface area contributed by atoms with Crippen LogP contribution in [-0.2, 0) is 26.8 Å². The first kappa shape index (κ1) is 24.6. The van der Waals surface area contributed by atoms with Crippen LogP contribution in [0.3, 0.4) is 0 Å². The predicted octanol–water partition coefficient (Wildman–Crippen LogP) is 6.34. The van der Waals surface area contributed by atoms with Crippen molar-refractivity contribution < 1.29 is 19.1 Å². The third-order valence-corrected chi connectivity index (χ3v) is 5.11. The van der Waals surface area contributed by atoms with Crippen molar-refractivity contribution in [2.75, 3.05) is 0 Å². The normalized spacial score (nSPS) is 11.9. The number of hydrogen-bond acceptors (Lipinski definition) is 4. The monoisotopic (exact) mass is 424 g/mol. The van der Waals surface area contributed by atoms with E-state index in [9.17, 15) is 9.59 Å². The van der Waals surface area contributed by atoms with E-state index in [2.05, 4.69) is 53.7 Å². The van der Waals surface area contributed by atoms with Crippen molar-refractivity contribution in [3.63, 3.8) is 0 Å². The summed E-state index contributed by atoms with van der Waals surface area (Å²) in [6.07, 6.45) is 0.487. The number of carbonyl (C=O) groups is 2. The number of aryl methyl sites for hydroxylation is 2. The van der Waals surface area contributed by atoms with Crippen LogP contribution in [0, 0.1) is 13.8 Å². The molecule has 0 atom stereocenters. The fourth-order valence-electron chi connectivity index (χ4n) is 3.81. The molecule has 2 aromatic carbocycles. The highest BCUT2D eigenvalue weighted by atomic mass is 16.5. The number of carbonyl (C=O) groups excluding carboxylic acids is 2. The Morgan fingerprint density at radius 2 is 1.00 bits per heavy atom. The molecule has 31 heavy (non-hydrogen) atoms. The second-order valence-electron chi connectivity index (χ2n) is 10.5. The largest absolute Gasteiger partial charge is 0.426 e. The zero-order chi connectivity index (χ0) is 23.7. The van der Waals surface area contributed by atoms with Gasteiger partial charge >= 0.3 is 11.9 Å². The fraction of sp³-hybridized carbons (Fsp3) is 0.481. The van der Waals surface area contributed by atoms with Gasteiger partial charge in [-0.2, -0.15) is 0 Å². The van der Waals surface area contributed by atoms with Crippen molar-refractivity contribution in [3.05, 3.63) is 57.6 Å². The molecule has 2 aromatic rings. The lowest BCUT2D eigenvalue weighted by Gasteiger charge is -2.27. The van der Waals surface area contributed by atoms with Gasteiger partial charge in [0.2, 0.25) is 0 Å². The van der Waals surface area contributed by atoms with Crippen molar-refractivity contribution in [2.45, 2.75) is 86.5 Å². The Hall–Kier alpha value is -2.62. The first-order valence-electron chi connectivity index (χ1n) is 10.7. The molecule has 0 heterocycles. The van der Waals surface area contributed by atoms with Crippen LogP contribution in [-0.4, -0.2) is 11.9 Å². The van der Waals surface area contributed by atoms with Gasteiger partial charge in [0.25, 0.3) is 0 Å². The Kier molecular flexibility index (Phi) is 7.04. The van der Waals surface area contributed by atoms with Crippen molar-refractivity contribution >= 4 is 11.9 Å². The van der Waals surface area contributed by atoms with Gasteiger partial charge in [0.15, 0.2) is 0 Å². The van der Waals surface area contributed by atoms with E-state index in [1.165, 1.54) is 13.8 Å². The van der Waals surface area contributed by atoms with E-state index in [0.717, 1.165) is 33.4 Å². The van der Waals surface area contributed by atoms with Crippen LogP contribution in [0.2, 0.25) is 0 Å². The molecular formula is C27H36O4. The standard InChI is InChI=1S/C27H36O4/c1-16-11-20(24(30-18(3)28)22(13-16)26(5,6)7)15-21-12-17(2)14-23(27(8,9)10)25(21)31-19(4)29/h11-14H,15H2,1-10H3. The third-order valence-electron chi connectivity index (χ3n) is 5.11. The lowest BCUT2D eigenvalue weighted by Crippen LogP contribution is -2.18. The van der Waals surface area contributed by atoms with Crippen LogP contribution in [0.15, 0.2) is 24.3 Å². The molecule has 0 saturated carbocycles. The maximum atomic E-state index is 11.9. The summed E-state index contributed by atoms with van der Waals surface area (Å²) in [6.45, 7) is 19.6. The molecule has 0 aliphatic rings. The average molecular weight is 425 g/mol. The fourth-order valence-corrected chi connectivity index (χ4v) is 3.81. The molecule has 0 radical (unpaired) electrons. The summed E-state index contributed by atoms with van der Waals surface area (Å²) in [5.74, 6) is 0.488. The maximum absolute atomic E-state index is 11.9. The smallest absolute Gasteiger partial charge is 0.308 e. The molecule has 0 amide bonds. The molecule has 0 N–H and O–H groups in total. The summed E-state index contributed by atoms with van der Waals surface area (Å²) < 4.78 is 11.5. The van der Waals surface area contributed by atoms with Crippen LogP contribution >= 0.6 is 0 Å². The molecule has 0 aliphatic carbocycles. The number of rotatable bonds is 4. The molecule has 0 aliphatic heterocycles. The molecular weight excluding hydrogens is 388 g/mol. The number of benzene rings is 2. The Labute approximate surface area is 187 Å². The van der Waals surface area contributed by atoms with Gasteiger partial charge in [0.05, 0.1) is 0 Å². The lowest BCUT2D eigenvalue weighted by atomic mass is 9.81. The average Bonchev–Trinajstić information content (AvgIpc) is 2.56. The molecule has 0 fully saturated rings. The van der Waals surface area contributed by atoms with E-state index in [-0.39, 0.29) is 22.8 Å². The van der Waals surface area contributed by atoms with Gasteiger partial charge in [-0.15, -0.1) is 0 Å². The first-order valence-corrected chi connectivity index (χ1v) is 10.7. The summed E-state index contributed by atoms with van der Waals surface area (Å²) >= 11 is 0. The van der Waals surface area contributed by atoms with Crippen LogP contribution in [0.5, 0.6) is 11.5 Å². The van der Waals surface area contributed by atoms with Crippen molar-refractivity contribution in [1.29, 1.82) is 0 Å². The number of hydrogen-bond donors (Lipinski definition) is 0. The van der Waals surface area contributed by atoms with E-state index < -0.39 is 0 Å². The van der Waals surface area contributed by atoms with Gasteiger partial charge in [-0.05, 0) is 35.8 Å². The first-order chi connectivity index (χ1) is 14.1. The topological polar surface area (TPSA) is 52.6 Å². The molecule has 0 saturated heterocycles. The quantitative estimate of drug-likeness (QED) is 0.424. The number of ether oxygens (including phenoxy) is 2. The zero-order valence-electron chi connectivity index (χ0n) is 20.6. The van der Waals surface area contributed by atoms with E-state index >= 15 is 0 Å². The molecule has 2 rings (SSSR count). The number of esters is 2. The van der Waals surface area contributed by atoms with E-state index in [0.29, 0.717) is 17.9 Å². The minimum atomic E-state index is -0.351. The van der Waals surface area contributed by atoms with Gasteiger partial charge in [-0.1, -0.05) is 76.9 Å². The van der Waals surface area contributed by atoms with Crippen LogP contribution in [0.25, 0.3) is 0 Å². The minimum Gasteiger partial charge on any atom is -0.426 e. The third kappa shape index (κ3) is 6.19. The van der Waals surface area contributed by atoms with Gasteiger partial charge in [-0.25, -0.2) is 0 Å². The molecule has 0 spiro atoms. The molecule has 4 heteroatoms. The summed E-state index contributed by atoms with van der Waals surface area (Å²) in [6, 6.07) is 8.24. The molecule has 168 valence electrons. The van der Waals surface area contributed by atoms with Crippen LogP contribution < -0.4 is 9.47 Å². The Balaban J connectivity index is 2.78. The van der Waals surface area contributed by atoms with Gasteiger partial charge < -0.3 is 9.47 Å². The van der Waals surface area contributed by atoms with Crippen molar-refractivity contribution in [1.82, 2.24) is 0 Å². The van der Waals surface area contributed by atoms with Gasteiger partial charge in [-0.3, -0.25) is 9.59 Å². The van der Waals surface area contributed by atoms with E-state index in [4.69, 9.17) is 9.47 Å². The highest BCUT2D eigenvalue weighted by Crippen LogP contribution is 2.40. The van der Waals surface area contributed by atoms with Gasteiger partial charge in [0, 0.05) is 31.4 Å².